The fraction of sp³-hybridized carbons (Fsp3) is 0.478. The van der Waals surface area contributed by atoms with Gasteiger partial charge in [0.1, 0.15) is 11.4 Å². The van der Waals surface area contributed by atoms with Crippen LogP contribution in [0.5, 0.6) is 5.75 Å². The van der Waals surface area contributed by atoms with E-state index >= 15 is 0 Å². The molecule has 4 rings (SSSR count). The predicted octanol–water partition coefficient (Wildman–Crippen LogP) is 4.15. The average molecular weight is 424 g/mol. The molecule has 0 bridgehead atoms. The number of benzene rings is 1. The molecule has 1 N–H and O–H groups in total. The van der Waals surface area contributed by atoms with E-state index in [9.17, 15) is 9.90 Å². The van der Waals surface area contributed by atoms with Crippen LogP contribution in [0.3, 0.4) is 0 Å². The lowest BCUT2D eigenvalue weighted by atomic mass is 9.97. The summed E-state index contributed by atoms with van der Waals surface area (Å²) in [5.41, 5.74) is 3.48. The molecule has 0 unspecified atom stereocenters. The first kappa shape index (κ1) is 21.1. The minimum absolute atomic E-state index is 0.170. The monoisotopic (exact) mass is 423 g/mol. The molecule has 0 aliphatic carbocycles. The van der Waals surface area contributed by atoms with Crippen LogP contribution in [0.2, 0.25) is 0 Å². The number of phenolic OH excluding ortho intramolecular Hbond substituents is 1. The van der Waals surface area contributed by atoms with Crippen molar-refractivity contribution in [2.75, 3.05) is 13.1 Å². The number of rotatable bonds is 3. The van der Waals surface area contributed by atoms with E-state index in [0.717, 1.165) is 41.9 Å². The van der Waals surface area contributed by atoms with Gasteiger partial charge >= 0.3 is 6.09 Å². The maximum Gasteiger partial charge on any atom is 0.410 e. The third-order valence-corrected chi connectivity index (χ3v) is 5.46. The van der Waals surface area contributed by atoms with Crippen LogP contribution in [0, 0.1) is 12.8 Å². The number of ether oxygens (including phenoxy) is 1. The standard InChI is InChI=1S/C23H29N5O3/c1-15-18(21-12-24-19-6-5-17(29)11-20(19)25-21)14-28(26-15)13-16-7-9-27(10-8-16)22(30)31-23(2,3)4/h5-6,11-12,14,16,29H,7-10,13H2,1-4H3. The number of carbonyl (C=O) groups is 1. The number of likely N-dealkylation sites (tertiary alicyclic amines) is 1. The summed E-state index contributed by atoms with van der Waals surface area (Å²) in [7, 11) is 0. The van der Waals surface area contributed by atoms with E-state index in [2.05, 4.69) is 15.1 Å². The maximum atomic E-state index is 12.3. The highest BCUT2D eigenvalue weighted by Gasteiger charge is 2.27. The van der Waals surface area contributed by atoms with Gasteiger partial charge in [0.15, 0.2) is 0 Å². The Morgan fingerprint density at radius 1 is 1.23 bits per heavy atom. The molecule has 1 aliphatic rings. The van der Waals surface area contributed by atoms with E-state index in [4.69, 9.17) is 4.74 Å². The van der Waals surface area contributed by atoms with Crippen LogP contribution in [0.15, 0.2) is 30.6 Å². The average Bonchev–Trinajstić information content (AvgIpc) is 3.06. The van der Waals surface area contributed by atoms with E-state index in [0.29, 0.717) is 24.5 Å². The number of piperidine rings is 1. The number of amides is 1. The van der Waals surface area contributed by atoms with Crippen molar-refractivity contribution in [2.45, 2.75) is 52.7 Å². The van der Waals surface area contributed by atoms with Crippen LogP contribution in [-0.2, 0) is 11.3 Å². The third-order valence-electron chi connectivity index (χ3n) is 5.46. The summed E-state index contributed by atoms with van der Waals surface area (Å²) in [6.07, 6.45) is 5.36. The van der Waals surface area contributed by atoms with Crippen molar-refractivity contribution < 1.29 is 14.6 Å². The highest BCUT2D eigenvalue weighted by atomic mass is 16.6. The maximum absolute atomic E-state index is 12.3. The van der Waals surface area contributed by atoms with Crippen LogP contribution >= 0.6 is 0 Å². The van der Waals surface area contributed by atoms with Crippen molar-refractivity contribution in [3.63, 3.8) is 0 Å². The van der Waals surface area contributed by atoms with Gasteiger partial charge < -0.3 is 14.7 Å². The smallest absolute Gasteiger partial charge is 0.410 e. The SMILES string of the molecule is Cc1nn(CC2CCN(C(=O)OC(C)(C)C)CC2)cc1-c1cnc2ccc(O)cc2n1. The Bertz CT molecular complexity index is 1090. The summed E-state index contributed by atoms with van der Waals surface area (Å²) >= 11 is 0. The fourth-order valence-corrected chi connectivity index (χ4v) is 3.88. The number of nitrogens with zero attached hydrogens (tertiary/aromatic N) is 5. The minimum atomic E-state index is -0.471. The molecule has 3 heterocycles. The van der Waals surface area contributed by atoms with Crippen LogP contribution in [0.1, 0.15) is 39.3 Å². The van der Waals surface area contributed by atoms with Gasteiger partial charge in [0.25, 0.3) is 0 Å². The summed E-state index contributed by atoms with van der Waals surface area (Å²) in [6.45, 7) is 9.82. The molecule has 2 aromatic heterocycles. The Balaban J connectivity index is 1.42. The normalized spacial score (nSPS) is 15.4. The van der Waals surface area contributed by atoms with Gasteiger partial charge in [-0.1, -0.05) is 0 Å². The molecule has 1 amide bonds. The Morgan fingerprint density at radius 3 is 2.68 bits per heavy atom. The van der Waals surface area contributed by atoms with Gasteiger partial charge in [0.05, 0.1) is 28.6 Å². The molecule has 0 spiro atoms. The van der Waals surface area contributed by atoms with Crippen molar-refractivity contribution in [3.05, 3.63) is 36.3 Å². The first-order valence-electron chi connectivity index (χ1n) is 10.7. The number of fused-ring (bicyclic) bond motifs is 1. The van der Waals surface area contributed by atoms with Crippen LogP contribution in [0.4, 0.5) is 4.79 Å². The molecule has 8 nitrogen and oxygen atoms in total. The predicted molar refractivity (Wildman–Crippen MR) is 118 cm³/mol. The largest absolute Gasteiger partial charge is 0.508 e. The Kier molecular flexibility index (Phi) is 5.56. The van der Waals surface area contributed by atoms with Crippen LogP contribution < -0.4 is 0 Å². The van der Waals surface area contributed by atoms with Gasteiger partial charge in [-0.3, -0.25) is 9.67 Å². The Morgan fingerprint density at radius 2 is 1.97 bits per heavy atom. The second-order valence-electron chi connectivity index (χ2n) is 9.19. The number of aromatic hydroxyl groups is 1. The van der Waals surface area contributed by atoms with Gasteiger partial charge in [0, 0.05) is 37.5 Å². The molecule has 1 saturated heterocycles. The number of hydrogen-bond acceptors (Lipinski definition) is 6. The van der Waals surface area contributed by atoms with Crippen molar-refractivity contribution in [2.24, 2.45) is 5.92 Å². The zero-order chi connectivity index (χ0) is 22.2. The molecule has 0 radical (unpaired) electrons. The second kappa shape index (κ2) is 8.17. The van der Waals surface area contributed by atoms with Gasteiger partial charge in [0.2, 0.25) is 0 Å². The topological polar surface area (TPSA) is 93.4 Å². The number of aromatic nitrogens is 4. The van der Waals surface area contributed by atoms with Gasteiger partial charge in [-0.15, -0.1) is 0 Å². The summed E-state index contributed by atoms with van der Waals surface area (Å²) < 4.78 is 7.44. The zero-order valence-corrected chi connectivity index (χ0v) is 18.5. The van der Waals surface area contributed by atoms with E-state index < -0.39 is 5.60 Å². The van der Waals surface area contributed by atoms with Crippen molar-refractivity contribution in [1.29, 1.82) is 0 Å². The molecule has 0 saturated carbocycles. The first-order chi connectivity index (χ1) is 14.7. The molecular weight excluding hydrogens is 394 g/mol. The number of phenols is 1. The van der Waals surface area contributed by atoms with Crippen LogP contribution in [-0.4, -0.2) is 54.5 Å². The molecule has 8 heteroatoms. The third kappa shape index (κ3) is 4.95. The van der Waals surface area contributed by atoms with Crippen molar-refractivity contribution in [1.82, 2.24) is 24.6 Å². The second-order valence-corrected chi connectivity index (χ2v) is 9.19. The van der Waals surface area contributed by atoms with Gasteiger partial charge in [-0.25, -0.2) is 9.78 Å². The number of carbonyl (C=O) groups excluding carboxylic acids is 1. The molecule has 1 fully saturated rings. The lowest BCUT2D eigenvalue weighted by Crippen LogP contribution is -2.42. The fourth-order valence-electron chi connectivity index (χ4n) is 3.88. The Hall–Kier alpha value is -3.16. The highest BCUT2D eigenvalue weighted by molar-refractivity contribution is 5.78. The van der Waals surface area contributed by atoms with Gasteiger partial charge in [-0.05, 0) is 58.6 Å². The molecule has 1 aliphatic heterocycles. The molecule has 0 atom stereocenters. The lowest BCUT2D eigenvalue weighted by Gasteiger charge is -2.33. The van der Waals surface area contributed by atoms with E-state index in [1.807, 2.05) is 38.6 Å². The molecule has 31 heavy (non-hydrogen) atoms. The summed E-state index contributed by atoms with van der Waals surface area (Å²) in [5, 5.41) is 14.4. The number of aryl methyl sites for hydroxylation is 1. The van der Waals surface area contributed by atoms with E-state index in [1.54, 1.807) is 29.3 Å². The van der Waals surface area contributed by atoms with Gasteiger partial charge in [-0.2, -0.15) is 5.10 Å². The quantitative estimate of drug-likeness (QED) is 0.680. The van der Waals surface area contributed by atoms with Crippen LogP contribution in [0.25, 0.3) is 22.3 Å². The summed E-state index contributed by atoms with van der Waals surface area (Å²) in [6, 6.07) is 4.97. The van der Waals surface area contributed by atoms with E-state index in [1.165, 1.54) is 0 Å². The van der Waals surface area contributed by atoms with E-state index in [-0.39, 0.29) is 11.8 Å². The minimum Gasteiger partial charge on any atom is -0.508 e. The molecule has 164 valence electrons. The van der Waals surface area contributed by atoms with Crippen molar-refractivity contribution >= 4 is 17.1 Å². The first-order valence-corrected chi connectivity index (χ1v) is 10.7. The summed E-state index contributed by atoms with van der Waals surface area (Å²) in [5.74, 6) is 0.620. The highest BCUT2D eigenvalue weighted by Crippen LogP contribution is 2.26. The zero-order valence-electron chi connectivity index (χ0n) is 18.5. The summed E-state index contributed by atoms with van der Waals surface area (Å²) in [4.78, 5) is 23.2. The molecule has 1 aromatic carbocycles. The number of hydrogen-bond donors (Lipinski definition) is 1. The Labute approximate surface area is 181 Å². The lowest BCUT2D eigenvalue weighted by molar-refractivity contribution is 0.0177. The van der Waals surface area contributed by atoms with Crippen molar-refractivity contribution in [3.8, 4) is 17.0 Å². The molecular formula is C23H29N5O3. The molecule has 3 aromatic rings.